The van der Waals surface area contributed by atoms with Crippen molar-refractivity contribution in [1.29, 1.82) is 0 Å². The maximum Gasteiger partial charge on any atom is 0.0218 e. The van der Waals surface area contributed by atoms with Crippen LogP contribution in [0.4, 0.5) is 0 Å². The molecule has 0 aliphatic carbocycles. The number of benzene rings is 9. The predicted octanol–water partition coefficient (Wildman–Crippen LogP) is 10.6. The summed E-state index contributed by atoms with van der Waals surface area (Å²) < 4.78 is 0. The first kappa shape index (κ1) is 35.1. The minimum Gasteiger partial charge on any atom is -0.311 e. The van der Waals surface area contributed by atoms with Crippen molar-refractivity contribution < 1.29 is 0 Å². The van der Waals surface area contributed by atoms with Gasteiger partial charge in [-0.2, -0.15) is 0 Å². The number of rotatable bonds is 15. The zero-order chi connectivity index (χ0) is 36.8. The number of nitrogens with one attached hydrogen (secondary N) is 3. The van der Waals surface area contributed by atoms with Crippen molar-refractivity contribution in [3.63, 3.8) is 0 Å². The number of fused-ring (bicyclic) bond motifs is 6. The Kier molecular flexibility index (Phi) is 10.5. The van der Waals surface area contributed by atoms with Gasteiger partial charge < -0.3 is 16.0 Å². The Hall–Kier alpha value is -5.62. The van der Waals surface area contributed by atoms with Crippen LogP contribution in [0.3, 0.4) is 0 Å². The Morgan fingerprint density at radius 3 is 0.745 bits per heavy atom. The molecule has 0 aliphatic rings. The maximum absolute atomic E-state index is 3.85. The molecule has 0 unspecified atom stereocenters. The molecule has 4 heteroatoms. The van der Waals surface area contributed by atoms with Crippen LogP contribution in [0.2, 0.25) is 0 Å². The number of hydrogen-bond donors (Lipinski definition) is 3. The van der Waals surface area contributed by atoms with E-state index in [1.54, 1.807) is 0 Å². The summed E-state index contributed by atoms with van der Waals surface area (Å²) in [7, 11) is 0. The van der Waals surface area contributed by atoms with E-state index < -0.39 is 0 Å². The molecule has 0 aliphatic heterocycles. The van der Waals surface area contributed by atoms with Crippen LogP contribution in [-0.4, -0.2) is 44.2 Å². The maximum atomic E-state index is 3.85. The average molecular weight is 717 g/mol. The Morgan fingerprint density at radius 2 is 0.509 bits per heavy atom. The molecule has 0 spiro atoms. The van der Waals surface area contributed by atoms with Crippen LogP contribution in [0.5, 0.6) is 0 Å². The molecule has 0 saturated heterocycles. The van der Waals surface area contributed by atoms with E-state index in [1.807, 2.05) is 0 Å². The van der Waals surface area contributed by atoms with Gasteiger partial charge in [-0.15, -0.1) is 0 Å². The standard InChI is InChI=1S/C51H48N4/c1-7-19-43-37(13-1)31-38-14-2-8-20-44(38)49(43)34-52-25-28-55(29-26-53-35-50-45-21-9-3-15-39(45)32-40-16-4-10-22-46(40)50)30-27-54-36-51-47-23-11-5-17-41(47)33-42-18-6-12-24-48(42)51/h1-24,31-33,52-54H,25-30,34-36H2. The molecule has 9 rings (SSSR count). The fourth-order valence-electron chi connectivity index (χ4n) is 8.58. The van der Waals surface area contributed by atoms with E-state index in [9.17, 15) is 0 Å². The van der Waals surface area contributed by atoms with Crippen LogP contribution in [0.1, 0.15) is 16.7 Å². The lowest BCUT2D eigenvalue weighted by atomic mass is 9.97. The molecule has 0 aromatic heterocycles. The molecule has 0 fully saturated rings. The lowest BCUT2D eigenvalue weighted by Gasteiger charge is -2.24. The van der Waals surface area contributed by atoms with Crippen LogP contribution < -0.4 is 16.0 Å². The Morgan fingerprint density at radius 1 is 0.291 bits per heavy atom. The van der Waals surface area contributed by atoms with Crippen molar-refractivity contribution in [2.75, 3.05) is 39.3 Å². The Bertz CT molecular complexity index is 2290. The van der Waals surface area contributed by atoms with Crippen molar-refractivity contribution >= 4 is 64.6 Å². The van der Waals surface area contributed by atoms with Gasteiger partial charge in [-0.3, -0.25) is 4.90 Å². The van der Waals surface area contributed by atoms with E-state index in [0.717, 1.165) is 58.9 Å². The predicted molar refractivity (Wildman–Crippen MR) is 236 cm³/mol. The van der Waals surface area contributed by atoms with Crippen molar-refractivity contribution in [3.8, 4) is 0 Å². The highest BCUT2D eigenvalue weighted by Crippen LogP contribution is 2.31. The molecular formula is C51H48N4. The number of hydrogen-bond acceptors (Lipinski definition) is 4. The highest BCUT2D eigenvalue weighted by Gasteiger charge is 2.12. The van der Waals surface area contributed by atoms with E-state index in [-0.39, 0.29) is 0 Å². The highest BCUT2D eigenvalue weighted by molar-refractivity contribution is 6.04. The van der Waals surface area contributed by atoms with Gasteiger partial charge in [-0.1, -0.05) is 146 Å². The zero-order valence-corrected chi connectivity index (χ0v) is 31.4. The molecule has 0 amide bonds. The monoisotopic (exact) mass is 716 g/mol. The molecule has 0 heterocycles. The van der Waals surface area contributed by atoms with Crippen LogP contribution in [0.25, 0.3) is 64.6 Å². The third-order valence-electron chi connectivity index (χ3n) is 11.4. The molecule has 3 N–H and O–H groups in total. The first-order valence-corrected chi connectivity index (χ1v) is 19.8. The van der Waals surface area contributed by atoms with E-state index >= 15 is 0 Å². The van der Waals surface area contributed by atoms with Gasteiger partial charge in [0.15, 0.2) is 0 Å². The van der Waals surface area contributed by atoms with E-state index in [4.69, 9.17) is 0 Å². The first-order chi connectivity index (χ1) is 27.3. The van der Waals surface area contributed by atoms with Gasteiger partial charge in [0.05, 0.1) is 0 Å². The SMILES string of the molecule is c1ccc2c(CNCCN(CCNCc3c4ccccc4cc4ccccc34)CCNCc3c4ccccc4cc4ccccc34)c3ccccc3cc2c1. The van der Waals surface area contributed by atoms with Crippen LogP contribution in [0, 0.1) is 0 Å². The van der Waals surface area contributed by atoms with Gasteiger partial charge in [0, 0.05) is 58.9 Å². The van der Waals surface area contributed by atoms with Gasteiger partial charge >= 0.3 is 0 Å². The fourth-order valence-corrected chi connectivity index (χ4v) is 8.58. The van der Waals surface area contributed by atoms with E-state index in [1.165, 1.54) is 81.3 Å². The third kappa shape index (κ3) is 7.55. The van der Waals surface area contributed by atoms with Crippen molar-refractivity contribution in [2.45, 2.75) is 19.6 Å². The second-order valence-corrected chi connectivity index (χ2v) is 14.8. The summed E-state index contributed by atoms with van der Waals surface area (Å²) in [6, 6.07) is 59.7. The largest absolute Gasteiger partial charge is 0.311 e. The van der Waals surface area contributed by atoms with E-state index in [0.29, 0.717) is 0 Å². The quantitative estimate of drug-likeness (QED) is 0.0730. The summed E-state index contributed by atoms with van der Waals surface area (Å²) in [6.07, 6.45) is 0. The van der Waals surface area contributed by atoms with E-state index in [2.05, 4.69) is 185 Å². The lowest BCUT2D eigenvalue weighted by Crippen LogP contribution is -2.40. The van der Waals surface area contributed by atoms with Crippen LogP contribution in [-0.2, 0) is 19.6 Å². The molecule has 9 aromatic rings. The lowest BCUT2D eigenvalue weighted by molar-refractivity contribution is 0.271. The van der Waals surface area contributed by atoms with Gasteiger partial charge in [-0.05, 0) is 99.5 Å². The smallest absolute Gasteiger partial charge is 0.0218 e. The highest BCUT2D eigenvalue weighted by atomic mass is 15.2. The van der Waals surface area contributed by atoms with Gasteiger partial charge in [0.2, 0.25) is 0 Å². The first-order valence-electron chi connectivity index (χ1n) is 19.8. The molecule has 0 saturated carbocycles. The molecular weight excluding hydrogens is 669 g/mol. The van der Waals surface area contributed by atoms with Crippen LogP contribution >= 0.6 is 0 Å². The minimum absolute atomic E-state index is 0.842. The normalized spacial score (nSPS) is 11.9. The zero-order valence-electron chi connectivity index (χ0n) is 31.4. The Labute approximate surface area is 323 Å². The second-order valence-electron chi connectivity index (χ2n) is 14.8. The van der Waals surface area contributed by atoms with Crippen molar-refractivity contribution in [2.24, 2.45) is 0 Å². The minimum atomic E-state index is 0.842. The summed E-state index contributed by atoms with van der Waals surface area (Å²) in [6.45, 7) is 8.19. The molecule has 4 nitrogen and oxygen atoms in total. The third-order valence-corrected chi connectivity index (χ3v) is 11.4. The van der Waals surface area contributed by atoms with Gasteiger partial charge in [-0.25, -0.2) is 0 Å². The topological polar surface area (TPSA) is 39.3 Å². The average Bonchev–Trinajstić information content (AvgIpc) is 3.23. The van der Waals surface area contributed by atoms with Gasteiger partial charge in [0.25, 0.3) is 0 Å². The molecule has 9 aromatic carbocycles. The second kappa shape index (κ2) is 16.4. The summed E-state index contributed by atoms with van der Waals surface area (Å²) in [5.41, 5.74) is 4.15. The molecule has 55 heavy (non-hydrogen) atoms. The Balaban J connectivity index is 0.889. The number of nitrogens with zero attached hydrogens (tertiary/aromatic N) is 1. The van der Waals surface area contributed by atoms with Gasteiger partial charge in [0.1, 0.15) is 0 Å². The summed E-state index contributed by atoms with van der Waals surface area (Å²) >= 11 is 0. The van der Waals surface area contributed by atoms with Crippen molar-refractivity contribution in [3.05, 3.63) is 180 Å². The molecule has 0 radical (unpaired) electrons. The fraction of sp³-hybridized carbons (Fsp3) is 0.176. The molecule has 272 valence electrons. The summed E-state index contributed by atoms with van der Waals surface area (Å²) in [4.78, 5) is 2.61. The summed E-state index contributed by atoms with van der Waals surface area (Å²) in [5, 5.41) is 27.3. The van der Waals surface area contributed by atoms with Crippen molar-refractivity contribution in [1.82, 2.24) is 20.9 Å². The summed E-state index contributed by atoms with van der Waals surface area (Å²) in [5.74, 6) is 0. The van der Waals surface area contributed by atoms with Crippen LogP contribution in [0.15, 0.2) is 164 Å². The molecule has 0 bridgehead atoms. The molecule has 0 atom stereocenters.